The van der Waals surface area contributed by atoms with Gasteiger partial charge in [0.2, 0.25) is 0 Å². The molecule has 2 aliphatic heterocycles. The van der Waals surface area contributed by atoms with Crippen LogP contribution in [0.15, 0.2) is 18.2 Å². The second-order valence-electron chi connectivity index (χ2n) is 8.92. The van der Waals surface area contributed by atoms with Gasteiger partial charge in [-0.1, -0.05) is 12.8 Å². The summed E-state index contributed by atoms with van der Waals surface area (Å²) in [7, 11) is 1.62. The van der Waals surface area contributed by atoms with Gasteiger partial charge in [-0.3, -0.25) is 4.79 Å². The molecule has 0 aromatic heterocycles. The lowest BCUT2D eigenvalue weighted by atomic mass is 10.0. The summed E-state index contributed by atoms with van der Waals surface area (Å²) >= 11 is 0. The molecule has 1 aromatic rings. The molecule has 2 heterocycles. The van der Waals surface area contributed by atoms with Gasteiger partial charge in [0.1, 0.15) is 17.6 Å². The van der Waals surface area contributed by atoms with Gasteiger partial charge in [0.05, 0.1) is 12.7 Å². The van der Waals surface area contributed by atoms with Gasteiger partial charge < -0.3 is 24.4 Å². The van der Waals surface area contributed by atoms with Gasteiger partial charge in [-0.05, 0) is 62.6 Å². The van der Waals surface area contributed by atoms with Crippen molar-refractivity contribution in [2.75, 3.05) is 40.0 Å². The molecule has 0 spiro atoms. The van der Waals surface area contributed by atoms with Gasteiger partial charge in [0, 0.05) is 38.9 Å². The third-order valence-electron chi connectivity index (χ3n) is 6.93. The molecule has 1 amide bonds. The van der Waals surface area contributed by atoms with Gasteiger partial charge in [-0.2, -0.15) is 0 Å². The summed E-state index contributed by atoms with van der Waals surface area (Å²) in [5.74, 6) is 1.74. The van der Waals surface area contributed by atoms with Crippen molar-refractivity contribution in [1.29, 1.82) is 0 Å². The Hall–Kier alpha value is -1.79. The van der Waals surface area contributed by atoms with E-state index < -0.39 is 0 Å². The standard InChI is InChI=1S/C24H36N2O4/c1-28-21-6-7-23(22(16-21)24(27)25-17-18-10-14-29-15-11-18)30-20-8-12-26(13-9-20)19-4-2-3-5-19/h6-7,16,18-20H,2-5,8-15,17H2,1H3,(H,25,27). The molecule has 1 aromatic carbocycles. The SMILES string of the molecule is COc1ccc(OC2CCN(C3CCCC3)CC2)c(C(=O)NCC2CCOCC2)c1. The van der Waals surface area contributed by atoms with Crippen LogP contribution in [0, 0.1) is 5.92 Å². The maximum absolute atomic E-state index is 13.0. The van der Waals surface area contributed by atoms with Crippen LogP contribution in [0.5, 0.6) is 11.5 Å². The number of nitrogens with one attached hydrogen (secondary N) is 1. The van der Waals surface area contributed by atoms with E-state index in [0.29, 0.717) is 29.5 Å². The Kier molecular flexibility index (Phi) is 7.50. The lowest BCUT2D eigenvalue weighted by Gasteiger charge is -2.36. The summed E-state index contributed by atoms with van der Waals surface area (Å²) in [5.41, 5.74) is 0.569. The van der Waals surface area contributed by atoms with Crippen molar-refractivity contribution in [3.05, 3.63) is 23.8 Å². The molecule has 0 unspecified atom stereocenters. The number of ether oxygens (including phenoxy) is 3. The van der Waals surface area contributed by atoms with Crippen LogP contribution in [0.3, 0.4) is 0 Å². The van der Waals surface area contributed by atoms with Crippen molar-refractivity contribution in [2.45, 2.75) is 63.5 Å². The molecule has 166 valence electrons. The number of hydrogen-bond acceptors (Lipinski definition) is 5. The zero-order valence-electron chi connectivity index (χ0n) is 18.2. The van der Waals surface area contributed by atoms with Crippen LogP contribution in [0.1, 0.15) is 61.7 Å². The zero-order chi connectivity index (χ0) is 20.8. The Bertz CT molecular complexity index is 690. The molecule has 3 aliphatic rings. The predicted molar refractivity (Wildman–Crippen MR) is 116 cm³/mol. The van der Waals surface area contributed by atoms with Gasteiger partial charge >= 0.3 is 0 Å². The highest BCUT2D eigenvalue weighted by molar-refractivity contribution is 5.97. The highest BCUT2D eigenvalue weighted by Crippen LogP contribution is 2.30. The fourth-order valence-electron chi connectivity index (χ4n) is 5.01. The molecule has 6 heteroatoms. The molecule has 0 bridgehead atoms. The van der Waals surface area contributed by atoms with E-state index >= 15 is 0 Å². The molecule has 4 rings (SSSR count). The molecule has 1 aliphatic carbocycles. The molecule has 1 N–H and O–H groups in total. The number of hydrogen-bond donors (Lipinski definition) is 1. The maximum Gasteiger partial charge on any atom is 0.255 e. The highest BCUT2D eigenvalue weighted by atomic mass is 16.5. The van der Waals surface area contributed by atoms with Crippen molar-refractivity contribution < 1.29 is 19.0 Å². The molecule has 1 saturated carbocycles. The third kappa shape index (κ3) is 5.46. The first kappa shape index (κ1) is 21.4. The van der Waals surface area contributed by atoms with Crippen molar-refractivity contribution in [3.8, 4) is 11.5 Å². The van der Waals surface area contributed by atoms with Gasteiger partial charge in [0.25, 0.3) is 5.91 Å². The average molecular weight is 417 g/mol. The Morgan fingerprint density at radius 2 is 1.83 bits per heavy atom. The summed E-state index contributed by atoms with van der Waals surface area (Å²) in [6.07, 6.45) is 9.65. The van der Waals surface area contributed by atoms with Crippen LogP contribution in [0.25, 0.3) is 0 Å². The minimum Gasteiger partial charge on any atom is -0.497 e. The molecule has 0 atom stereocenters. The second kappa shape index (κ2) is 10.5. The van der Waals surface area contributed by atoms with Crippen molar-refractivity contribution >= 4 is 5.91 Å². The molecule has 30 heavy (non-hydrogen) atoms. The van der Waals surface area contributed by atoms with Gasteiger partial charge in [-0.15, -0.1) is 0 Å². The van der Waals surface area contributed by atoms with Crippen molar-refractivity contribution in [1.82, 2.24) is 10.2 Å². The third-order valence-corrected chi connectivity index (χ3v) is 6.93. The summed E-state index contributed by atoms with van der Waals surface area (Å²) in [4.78, 5) is 15.6. The highest BCUT2D eigenvalue weighted by Gasteiger charge is 2.28. The number of nitrogens with zero attached hydrogens (tertiary/aromatic N) is 1. The molecular weight excluding hydrogens is 380 g/mol. The van der Waals surface area contributed by atoms with Crippen molar-refractivity contribution in [2.24, 2.45) is 5.92 Å². The van der Waals surface area contributed by atoms with Crippen LogP contribution in [0.4, 0.5) is 0 Å². The first-order chi connectivity index (χ1) is 14.7. The van der Waals surface area contributed by atoms with Crippen LogP contribution in [-0.4, -0.2) is 62.9 Å². The normalized spacial score (nSPS) is 22.2. The van der Waals surface area contributed by atoms with Crippen molar-refractivity contribution in [3.63, 3.8) is 0 Å². The first-order valence-electron chi connectivity index (χ1n) is 11.7. The second-order valence-corrected chi connectivity index (χ2v) is 8.92. The van der Waals surface area contributed by atoms with Gasteiger partial charge in [0.15, 0.2) is 0 Å². The Labute approximate surface area is 180 Å². The quantitative estimate of drug-likeness (QED) is 0.735. The lowest BCUT2D eigenvalue weighted by Crippen LogP contribution is -2.43. The Morgan fingerprint density at radius 1 is 1.10 bits per heavy atom. The van der Waals surface area contributed by atoms with Crippen LogP contribution >= 0.6 is 0 Å². The number of methoxy groups -OCH3 is 1. The number of likely N-dealkylation sites (tertiary alicyclic amines) is 1. The van der Waals surface area contributed by atoms with E-state index in [1.807, 2.05) is 12.1 Å². The number of rotatable bonds is 7. The largest absolute Gasteiger partial charge is 0.497 e. The topological polar surface area (TPSA) is 60.0 Å². The van der Waals surface area contributed by atoms with Crippen LogP contribution in [-0.2, 0) is 4.74 Å². The minimum atomic E-state index is -0.0845. The van der Waals surface area contributed by atoms with E-state index in [1.54, 1.807) is 13.2 Å². The van der Waals surface area contributed by atoms with E-state index in [-0.39, 0.29) is 12.0 Å². The first-order valence-corrected chi connectivity index (χ1v) is 11.7. The summed E-state index contributed by atoms with van der Waals surface area (Å²) in [6, 6.07) is 6.32. The summed E-state index contributed by atoms with van der Waals surface area (Å²) < 4.78 is 17.1. The van der Waals surface area contributed by atoms with E-state index in [1.165, 1.54) is 25.7 Å². The summed E-state index contributed by atoms with van der Waals surface area (Å²) in [6.45, 7) is 4.44. The molecule has 3 fully saturated rings. The fraction of sp³-hybridized carbons (Fsp3) is 0.708. The number of carbonyl (C=O) groups is 1. The van der Waals surface area contributed by atoms with E-state index in [2.05, 4.69) is 10.2 Å². The summed E-state index contributed by atoms with van der Waals surface area (Å²) in [5, 5.41) is 3.10. The Balaban J connectivity index is 1.35. The number of carbonyl (C=O) groups excluding carboxylic acids is 1. The number of piperidine rings is 1. The molecular formula is C24H36N2O4. The van der Waals surface area contributed by atoms with Gasteiger partial charge in [-0.25, -0.2) is 0 Å². The fourth-order valence-corrected chi connectivity index (χ4v) is 5.01. The van der Waals surface area contributed by atoms with E-state index in [9.17, 15) is 4.79 Å². The predicted octanol–water partition coefficient (Wildman–Crippen LogP) is 3.64. The zero-order valence-corrected chi connectivity index (χ0v) is 18.2. The molecule has 0 radical (unpaired) electrons. The number of amides is 1. The smallest absolute Gasteiger partial charge is 0.255 e. The van der Waals surface area contributed by atoms with Crippen LogP contribution in [0.2, 0.25) is 0 Å². The number of benzene rings is 1. The monoisotopic (exact) mass is 416 g/mol. The van der Waals surface area contributed by atoms with Crippen LogP contribution < -0.4 is 14.8 Å². The molecule has 2 saturated heterocycles. The van der Waals surface area contributed by atoms with E-state index in [0.717, 1.165) is 58.0 Å². The van der Waals surface area contributed by atoms with E-state index in [4.69, 9.17) is 14.2 Å². The molecule has 6 nitrogen and oxygen atoms in total. The maximum atomic E-state index is 13.0. The Morgan fingerprint density at radius 3 is 2.53 bits per heavy atom. The minimum absolute atomic E-state index is 0.0845. The lowest BCUT2D eigenvalue weighted by molar-refractivity contribution is 0.0637. The average Bonchev–Trinajstić information content (AvgIpc) is 3.34.